The van der Waals surface area contributed by atoms with Crippen LogP contribution in [0.2, 0.25) is 0 Å². The van der Waals surface area contributed by atoms with Crippen LogP contribution in [0.4, 0.5) is 0 Å². The second kappa shape index (κ2) is 14.9. The minimum absolute atomic E-state index is 0. The van der Waals surface area contributed by atoms with E-state index in [-0.39, 0.29) is 20.3 Å². The van der Waals surface area contributed by atoms with E-state index in [1.807, 2.05) is 0 Å². The third-order valence-corrected chi connectivity index (χ3v) is 6.99. The summed E-state index contributed by atoms with van der Waals surface area (Å²) in [5, 5.41) is 83.5. The number of carbonyl (C=O) groups is 3. The van der Waals surface area contributed by atoms with E-state index in [0.29, 0.717) is 0 Å². The molecule has 2 aliphatic rings. The zero-order valence-corrected chi connectivity index (χ0v) is 21.9. The molecule has 0 aromatic rings. The molecule has 9 N–H and O–H groups in total. The van der Waals surface area contributed by atoms with Crippen LogP contribution in [0.15, 0.2) is 0 Å². The van der Waals surface area contributed by atoms with Crippen LogP contribution in [0.5, 0.6) is 0 Å². The number of ether oxygens (including phenoxy) is 4. The first-order valence-electron chi connectivity index (χ1n) is 12.4. The van der Waals surface area contributed by atoms with Crippen molar-refractivity contribution in [3.05, 3.63) is 0 Å². The van der Waals surface area contributed by atoms with Crippen molar-refractivity contribution in [1.29, 1.82) is 0 Å². The summed E-state index contributed by atoms with van der Waals surface area (Å²) in [5.41, 5.74) is -2.12. The molecular formula is C24H43NO15. The topological polar surface area (TPSA) is 262 Å². The molecule has 0 spiro atoms. The van der Waals surface area contributed by atoms with Gasteiger partial charge in [0.05, 0.1) is 31.5 Å². The Bertz CT molecular complexity index is 860. The molecule has 11 atom stereocenters. The number of aliphatic hydroxyl groups excluding tert-OH is 6. The normalized spacial score (nSPS) is 37.6. The average Bonchev–Trinajstić information content (AvgIpc) is 2.87. The van der Waals surface area contributed by atoms with Crippen molar-refractivity contribution in [3.8, 4) is 0 Å². The maximum atomic E-state index is 12.6. The van der Waals surface area contributed by atoms with Crippen molar-refractivity contribution in [3.63, 3.8) is 0 Å². The minimum atomic E-state index is -2.54. The predicted octanol–water partition coefficient (Wildman–Crippen LogP) is -3.63. The molecule has 2 heterocycles. The van der Waals surface area contributed by atoms with E-state index in [4.69, 9.17) is 18.9 Å². The summed E-state index contributed by atoms with van der Waals surface area (Å²) >= 11 is 0. The lowest BCUT2D eigenvalue weighted by atomic mass is 9.80. The molecule has 0 aromatic heterocycles. The minimum Gasteiger partial charge on any atom is -0.477 e. The summed E-state index contributed by atoms with van der Waals surface area (Å²) in [4.78, 5) is 36.3. The Labute approximate surface area is 231 Å². The highest BCUT2D eigenvalue weighted by Gasteiger charge is 2.56. The molecule has 1 amide bonds. The van der Waals surface area contributed by atoms with Crippen LogP contribution in [0.1, 0.15) is 47.0 Å². The number of Topliss-reactive ketones (excluding diaryl/α,β-unsaturated/α-hetero) is 1. The number of ketones is 1. The van der Waals surface area contributed by atoms with Gasteiger partial charge in [-0.3, -0.25) is 9.59 Å². The van der Waals surface area contributed by atoms with Gasteiger partial charge in [-0.15, -0.1) is 0 Å². The highest BCUT2D eigenvalue weighted by atomic mass is 16.7. The molecule has 2 aliphatic heterocycles. The molecule has 2 saturated heterocycles. The van der Waals surface area contributed by atoms with Gasteiger partial charge in [0.25, 0.3) is 5.79 Å². The van der Waals surface area contributed by atoms with Gasteiger partial charge in [-0.05, 0) is 13.3 Å². The van der Waals surface area contributed by atoms with Crippen LogP contribution in [0, 0.1) is 0 Å². The van der Waals surface area contributed by atoms with Crippen molar-refractivity contribution in [2.45, 2.75) is 113 Å². The predicted molar refractivity (Wildman–Crippen MR) is 132 cm³/mol. The van der Waals surface area contributed by atoms with Gasteiger partial charge in [-0.2, -0.15) is 0 Å². The van der Waals surface area contributed by atoms with E-state index >= 15 is 0 Å². The monoisotopic (exact) mass is 585 g/mol. The number of aliphatic carboxylic acids is 1. The van der Waals surface area contributed by atoms with Gasteiger partial charge < -0.3 is 65.1 Å². The number of hydrogen-bond acceptors (Lipinski definition) is 14. The fraction of sp³-hybridized carbons (Fsp3) is 0.875. The molecule has 16 nitrogen and oxygen atoms in total. The second-order valence-corrected chi connectivity index (χ2v) is 9.86. The molecule has 2 fully saturated rings. The summed E-state index contributed by atoms with van der Waals surface area (Å²) in [6, 6.07) is -1.35. The van der Waals surface area contributed by atoms with Crippen LogP contribution < -0.4 is 5.32 Å². The lowest BCUT2D eigenvalue weighted by Crippen LogP contribution is -2.67. The summed E-state index contributed by atoms with van der Waals surface area (Å²) in [6.45, 7) is 1.16. The number of carbonyl (C=O) groups excluding carboxylic acids is 2. The van der Waals surface area contributed by atoms with E-state index in [2.05, 4.69) is 5.32 Å². The van der Waals surface area contributed by atoms with Gasteiger partial charge in [-0.1, -0.05) is 7.43 Å². The standard InChI is InChI=1S/C23H39NO15.CH4/c1-10-22(35,19(32)17(31)20(36-3)38-10)7-12(27)5-4-6-37-23(21(33)34)8-13(28)15(24-11(2)26)18(39-23)16(30)14(29)9-25;/h10,13-20,25,28-32,35H,4-9H2,1-3H3,(H,24,26)(H,33,34);1H4/t10?,13?,14-,15?,16-,17?,18?,19?,20?,22?,23?;/m1./s1. The molecule has 2 rings (SSSR count). The van der Waals surface area contributed by atoms with Gasteiger partial charge in [0.15, 0.2) is 6.29 Å². The summed E-state index contributed by atoms with van der Waals surface area (Å²) in [7, 11) is 1.24. The van der Waals surface area contributed by atoms with E-state index in [0.717, 1.165) is 6.92 Å². The zero-order valence-electron chi connectivity index (χ0n) is 21.9. The van der Waals surface area contributed by atoms with Crippen LogP contribution >= 0.6 is 0 Å². The molecule has 0 radical (unpaired) electrons. The number of carboxylic acids is 1. The molecule has 0 aliphatic carbocycles. The first-order valence-corrected chi connectivity index (χ1v) is 12.4. The SMILES string of the molecule is C.COC1OC(C)C(O)(CC(=O)CCCOC2(C(=O)O)CC(O)C(NC(C)=O)C([C@H](O)[C@H](O)CO)O2)C(O)C1O. The molecule has 0 saturated carbocycles. The maximum Gasteiger partial charge on any atom is 0.364 e. The maximum absolute atomic E-state index is 12.6. The summed E-state index contributed by atoms with van der Waals surface area (Å²) in [5.74, 6) is -5.46. The number of nitrogens with one attached hydrogen (secondary N) is 1. The smallest absolute Gasteiger partial charge is 0.364 e. The lowest BCUT2D eigenvalue weighted by Gasteiger charge is -2.46. The molecule has 40 heavy (non-hydrogen) atoms. The Balaban J connectivity index is 0.00000800. The Morgan fingerprint density at radius 3 is 2.33 bits per heavy atom. The molecule has 9 unspecified atom stereocenters. The third-order valence-electron chi connectivity index (χ3n) is 6.99. The van der Waals surface area contributed by atoms with Crippen LogP contribution in [0.25, 0.3) is 0 Å². The Kier molecular flexibility index (Phi) is 13.5. The van der Waals surface area contributed by atoms with Crippen LogP contribution in [-0.2, 0) is 33.3 Å². The van der Waals surface area contributed by atoms with Gasteiger partial charge >= 0.3 is 5.97 Å². The van der Waals surface area contributed by atoms with E-state index in [1.165, 1.54) is 14.0 Å². The largest absolute Gasteiger partial charge is 0.477 e. The number of methoxy groups -OCH3 is 1. The number of amides is 1. The van der Waals surface area contributed by atoms with Crippen molar-refractivity contribution in [2.24, 2.45) is 0 Å². The Morgan fingerprint density at radius 2 is 1.80 bits per heavy atom. The molecule has 0 bridgehead atoms. The Hall–Kier alpha value is -1.83. The number of hydrogen-bond donors (Lipinski definition) is 9. The van der Waals surface area contributed by atoms with Crippen molar-refractivity contribution in [1.82, 2.24) is 5.32 Å². The highest BCUT2D eigenvalue weighted by molar-refractivity contribution is 5.79. The Morgan fingerprint density at radius 1 is 1.18 bits per heavy atom. The van der Waals surface area contributed by atoms with E-state index in [9.17, 15) is 55.2 Å². The van der Waals surface area contributed by atoms with Crippen molar-refractivity contribution in [2.75, 3.05) is 20.3 Å². The van der Waals surface area contributed by atoms with Crippen LogP contribution in [-0.4, -0.2) is 145 Å². The molecule has 0 aromatic carbocycles. The zero-order chi connectivity index (χ0) is 29.7. The van der Waals surface area contributed by atoms with Gasteiger partial charge in [-0.25, -0.2) is 4.79 Å². The van der Waals surface area contributed by atoms with Crippen molar-refractivity contribution < 1.29 is 74.2 Å². The third kappa shape index (κ3) is 7.92. The number of aliphatic hydroxyl groups is 7. The first kappa shape index (κ1) is 36.2. The van der Waals surface area contributed by atoms with E-state index in [1.54, 1.807) is 0 Å². The lowest BCUT2D eigenvalue weighted by molar-refractivity contribution is -0.318. The molecule has 234 valence electrons. The first-order chi connectivity index (χ1) is 18.1. The fourth-order valence-electron chi connectivity index (χ4n) is 4.72. The van der Waals surface area contributed by atoms with E-state index < -0.39 is 110 Å². The second-order valence-electron chi connectivity index (χ2n) is 9.86. The summed E-state index contributed by atoms with van der Waals surface area (Å²) in [6.07, 6.45) is -14.4. The van der Waals surface area contributed by atoms with Gasteiger partial charge in [0, 0.05) is 33.3 Å². The van der Waals surface area contributed by atoms with Crippen molar-refractivity contribution >= 4 is 17.7 Å². The highest BCUT2D eigenvalue weighted by Crippen LogP contribution is 2.35. The fourth-order valence-corrected chi connectivity index (χ4v) is 4.72. The van der Waals surface area contributed by atoms with Gasteiger partial charge in [0.1, 0.15) is 41.9 Å². The van der Waals surface area contributed by atoms with Gasteiger partial charge in [0.2, 0.25) is 5.91 Å². The molecular weight excluding hydrogens is 542 g/mol. The quantitative estimate of drug-likeness (QED) is 0.0944. The average molecular weight is 586 g/mol. The van der Waals surface area contributed by atoms with Crippen LogP contribution in [0.3, 0.4) is 0 Å². The summed E-state index contributed by atoms with van der Waals surface area (Å²) < 4.78 is 21.1. The number of carboxylic acid groups (broad SMARTS) is 1. The number of rotatable bonds is 13. The molecule has 16 heteroatoms.